The van der Waals surface area contributed by atoms with Crippen LogP contribution in [0.25, 0.3) is 22.4 Å². The number of aryl methyl sites for hydroxylation is 2. The summed E-state index contributed by atoms with van der Waals surface area (Å²) in [7, 11) is 1.86. The second-order valence-corrected chi connectivity index (χ2v) is 7.76. The second-order valence-electron chi connectivity index (χ2n) is 7.76. The summed E-state index contributed by atoms with van der Waals surface area (Å²) in [6.45, 7) is 5.36. The summed E-state index contributed by atoms with van der Waals surface area (Å²) < 4.78 is 7.72. The van der Waals surface area contributed by atoms with Crippen molar-refractivity contribution in [3.8, 4) is 34.0 Å². The Bertz CT molecular complexity index is 1370. The van der Waals surface area contributed by atoms with Gasteiger partial charge in [0.25, 0.3) is 5.91 Å². The van der Waals surface area contributed by atoms with Gasteiger partial charge in [-0.15, -0.1) is 0 Å². The molecule has 7 heteroatoms. The van der Waals surface area contributed by atoms with E-state index in [2.05, 4.69) is 16.9 Å². The zero-order valence-corrected chi connectivity index (χ0v) is 18.9. The number of pyridine rings is 1. The molecule has 0 bridgehead atoms. The standard InChI is InChI=1S/C27H24N4O3/c1-4-23(32)30-20-12-8-19(9-13-20)26-25(22(27(28)33)16-31(26)3)18-10-14-21(15-11-18)34-24-7-5-6-17(2)29-24/h4-16H,1H2,2-3H3,(H2,28,33)(H,30,32). The topological polar surface area (TPSA) is 99.2 Å². The largest absolute Gasteiger partial charge is 0.439 e. The third-order valence-corrected chi connectivity index (χ3v) is 5.29. The molecule has 34 heavy (non-hydrogen) atoms. The quantitative estimate of drug-likeness (QED) is 0.382. The van der Waals surface area contributed by atoms with Gasteiger partial charge in [0.05, 0.1) is 11.3 Å². The summed E-state index contributed by atoms with van der Waals surface area (Å²) >= 11 is 0. The first kappa shape index (κ1) is 22.5. The van der Waals surface area contributed by atoms with E-state index >= 15 is 0 Å². The summed E-state index contributed by atoms with van der Waals surface area (Å²) in [4.78, 5) is 28.2. The van der Waals surface area contributed by atoms with Crippen LogP contribution in [-0.4, -0.2) is 21.4 Å². The lowest BCUT2D eigenvalue weighted by atomic mass is 9.97. The highest BCUT2D eigenvalue weighted by molar-refractivity contribution is 6.04. The van der Waals surface area contributed by atoms with Gasteiger partial charge in [0, 0.05) is 36.3 Å². The van der Waals surface area contributed by atoms with Crippen LogP contribution in [0.4, 0.5) is 5.69 Å². The van der Waals surface area contributed by atoms with Gasteiger partial charge >= 0.3 is 0 Å². The number of aromatic nitrogens is 2. The van der Waals surface area contributed by atoms with Gasteiger partial charge in [0.1, 0.15) is 5.75 Å². The number of carbonyl (C=O) groups is 2. The highest BCUT2D eigenvalue weighted by Gasteiger charge is 2.21. The summed E-state index contributed by atoms with van der Waals surface area (Å²) in [6.07, 6.45) is 2.94. The number of ether oxygens (including phenoxy) is 1. The Morgan fingerprint density at radius 2 is 1.71 bits per heavy atom. The van der Waals surface area contributed by atoms with Crippen molar-refractivity contribution in [3.05, 3.63) is 96.8 Å². The molecule has 170 valence electrons. The third kappa shape index (κ3) is 4.73. The molecular weight excluding hydrogens is 428 g/mol. The number of rotatable bonds is 7. The van der Waals surface area contributed by atoms with Crippen molar-refractivity contribution in [2.24, 2.45) is 12.8 Å². The van der Waals surface area contributed by atoms with Crippen LogP contribution in [0.2, 0.25) is 0 Å². The Morgan fingerprint density at radius 1 is 1.03 bits per heavy atom. The maximum absolute atomic E-state index is 12.3. The number of amides is 2. The molecule has 0 fully saturated rings. The Balaban J connectivity index is 1.71. The SMILES string of the molecule is C=CC(=O)Nc1ccc(-c2c(-c3ccc(Oc4cccc(C)n4)cc3)c(C(N)=O)cn2C)cc1. The average Bonchev–Trinajstić information content (AvgIpc) is 3.17. The number of nitrogens with zero attached hydrogens (tertiary/aromatic N) is 2. The van der Waals surface area contributed by atoms with Crippen LogP contribution in [0.3, 0.4) is 0 Å². The van der Waals surface area contributed by atoms with Crippen molar-refractivity contribution < 1.29 is 14.3 Å². The molecule has 7 nitrogen and oxygen atoms in total. The van der Waals surface area contributed by atoms with Gasteiger partial charge < -0.3 is 20.4 Å². The van der Waals surface area contributed by atoms with Crippen LogP contribution >= 0.6 is 0 Å². The maximum Gasteiger partial charge on any atom is 0.250 e. The summed E-state index contributed by atoms with van der Waals surface area (Å²) in [6, 6.07) is 20.4. The first-order valence-corrected chi connectivity index (χ1v) is 10.6. The van der Waals surface area contributed by atoms with Crippen molar-refractivity contribution in [2.45, 2.75) is 6.92 Å². The lowest BCUT2D eigenvalue weighted by Gasteiger charge is -2.12. The minimum Gasteiger partial charge on any atom is -0.439 e. The number of nitrogens with one attached hydrogen (secondary N) is 1. The average molecular weight is 453 g/mol. The van der Waals surface area contributed by atoms with E-state index < -0.39 is 5.91 Å². The van der Waals surface area contributed by atoms with E-state index in [4.69, 9.17) is 10.5 Å². The molecule has 4 rings (SSSR count). The van der Waals surface area contributed by atoms with E-state index in [1.807, 2.05) is 67.1 Å². The molecule has 3 N–H and O–H groups in total. The van der Waals surface area contributed by atoms with Crippen molar-refractivity contribution >= 4 is 17.5 Å². The fourth-order valence-corrected chi connectivity index (χ4v) is 3.74. The Hall–Kier alpha value is -4.65. The third-order valence-electron chi connectivity index (χ3n) is 5.29. The molecule has 2 heterocycles. The number of hydrogen-bond donors (Lipinski definition) is 2. The normalized spacial score (nSPS) is 10.5. The van der Waals surface area contributed by atoms with Crippen LogP contribution in [0, 0.1) is 6.92 Å². The van der Waals surface area contributed by atoms with E-state index in [9.17, 15) is 9.59 Å². The summed E-state index contributed by atoms with van der Waals surface area (Å²) in [5.41, 5.74) is 10.9. The zero-order chi connectivity index (χ0) is 24.2. The van der Waals surface area contributed by atoms with E-state index in [-0.39, 0.29) is 5.91 Å². The number of hydrogen-bond acceptors (Lipinski definition) is 4. The summed E-state index contributed by atoms with van der Waals surface area (Å²) in [5.74, 6) is 0.333. The molecule has 0 unspecified atom stereocenters. The molecule has 0 saturated carbocycles. The van der Waals surface area contributed by atoms with E-state index in [0.29, 0.717) is 22.9 Å². The summed E-state index contributed by atoms with van der Waals surface area (Å²) in [5, 5.41) is 2.73. The molecule has 0 aliphatic rings. The van der Waals surface area contributed by atoms with Gasteiger partial charge in [0.2, 0.25) is 11.8 Å². The predicted molar refractivity (Wildman–Crippen MR) is 133 cm³/mol. The molecular formula is C27H24N4O3. The van der Waals surface area contributed by atoms with Gasteiger partial charge in [-0.25, -0.2) is 4.98 Å². The molecule has 0 atom stereocenters. The van der Waals surface area contributed by atoms with Crippen LogP contribution in [-0.2, 0) is 11.8 Å². The van der Waals surface area contributed by atoms with Crippen molar-refractivity contribution in [1.82, 2.24) is 9.55 Å². The van der Waals surface area contributed by atoms with Gasteiger partial charge in [-0.2, -0.15) is 0 Å². The van der Waals surface area contributed by atoms with Crippen LogP contribution in [0.15, 0.2) is 85.6 Å². The molecule has 0 saturated heterocycles. The molecule has 4 aromatic rings. The van der Waals surface area contributed by atoms with Crippen LogP contribution < -0.4 is 15.8 Å². The van der Waals surface area contributed by atoms with Crippen LogP contribution in [0.1, 0.15) is 16.1 Å². The molecule has 2 aromatic carbocycles. The highest BCUT2D eigenvalue weighted by atomic mass is 16.5. The van der Waals surface area contributed by atoms with E-state index in [1.165, 1.54) is 6.08 Å². The minimum atomic E-state index is -0.518. The Morgan fingerprint density at radius 3 is 2.32 bits per heavy atom. The highest BCUT2D eigenvalue weighted by Crippen LogP contribution is 2.37. The molecule has 0 aliphatic heterocycles. The van der Waals surface area contributed by atoms with Gasteiger partial charge in [-0.05, 0) is 54.5 Å². The fraction of sp³-hybridized carbons (Fsp3) is 0.0741. The monoisotopic (exact) mass is 452 g/mol. The number of carbonyl (C=O) groups excluding carboxylic acids is 2. The van der Waals surface area contributed by atoms with E-state index in [1.54, 1.807) is 24.4 Å². The smallest absolute Gasteiger partial charge is 0.250 e. The first-order chi connectivity index (χ1) is 16.4. The number of primary amides is 1. The molecule has 0 radical (unpaired) electrons. The predicted octanol–water partition coefficient (Wildman–Crippen LogP) is 5.08. The van der Waals surface area contributed by atoms with Crippen molar-refractivity contribution in [1.29, 1.82) is 0 Å². The lowest BCUT2D eigenvalue weighted by Crippen LogP contribution is -2.11. The number of anilines is 1. The molecule has 2 amide bonds. The lowest BCUT2D eigenvalue weighted by molar-refractivity contribution is -0.111. The minimum absolute atomic E-state index is 0.286. The second kappa shape index (κ2) is 9.46. The fourth-order valence-electron chi connectivity index (χ4n) is 3.74. The van der Waals surface area contributed by atoms with Crippen molar-refractivity contribution in [2.75, 3.05) is 5.32 Å². The molecule has 0 spiro atoms. The Kier molecular flexibility index (Phi) is 6.27. The number of nitrogens with two attached hydrogens (primary N) is 1. The van der Waals surface area contributed by atoms with Gasteiger partial charge in [0.15, 0.2) is 0 Å². The zero-order valence-electron chi connectivity index (χ0n) is 18.9. The Labute approximate surface area is 197 Å². The molecule has 0 aliphatic carbocycles. The van der Waals surface area contributed by atoms with Gasteiger partial charge in [-0.3, -0.25) is 9.59 Å². The maximum atomic E-state index is 12.3. The van der Waals surface area contributed by atoms with E-state index in [0.717, 1.165) is 28.1 Å². The van der Waals surface area contributed by atoms with Crippen molar-refractivity contribution in [3.63, 3.8) is 0 Å². The number of benzene rings is 2. The van der Waals surface area contributed by atoms with Gasteiger partial charge in [-0.1, -0.05) is 36.9 Å². The van der Waals surface area contributed by atoms with Crippen LogP contribution in [0.5, 0.6) is 11.6 Å². The molecule has 2 aromatic heterocycles. The first-order valence-electron chi connectivity index (χ1n) is 10.6.